The molecule has 0 saturated carbocycles. The molecule has 0 N–H and O–H groups in total. The third kappa shape index (κ3) is 3.99. The zero-order valence-corrected chi connectivity index (χ0v) is 12.8. The van der Waals surface area contributed by atoms with Crippen LogP contribution < -0.4 is 4.74 Å². The molecule has 0 spiro atoms. The monoisotopic (exact) mass is 275 g/mol. The molecule has 1 atom stereocenters. The lowest BCUT2D eigenvalue weighted by Crippen LogP contribution is -2.42. The van der Waals surface area contributed by atoms with E-state index in [4.69, 9.17) is 4.74 Å². The van der Waals surface area contributed by atoms with E-state index in [9.17, 15) is 4.79 Å². The van der Waals surface area contributed by atoms with Gasteiger partial charge in [0, 0.05) is 12.6 Å². The minimum atomic E-state index is 0.224. The number of carbonyl (C=O) groups is 1. The summed E-state index contributed by atoms with van der Waals surface area (Å²) < 4.78 is 5.72. The standard InChI is InChI=1S/C17H25NO2/c1-13-10-14(2)12-16(11-13)20-9-7-17(19)18-8-5-4-6-15(18)3/h10-12,15H,4-9H2,1-3H3. The molecule has 3 nitrogen and oxygen atoms in total. The molecular formula is C17H25NO2. The number of benzene rings is 1. The van der Waals surface area contributed by atoms with Crippen LogP contribution in [0.2, 0.25) is 0 Å². The molecule has 1 amide bonds. The fourth-order valence-electron chi connectivity index (χ4n) is 2.88. The summed E-state index contributed by atoms with van der Waals surface area (Å²) in [5.74, 6) is 1.09. The van der Waals surface area contributed by atoms with Gasteiger partial charge in [0.15, 0.2) is 0 Å². The summed E-state index contributed by atoms with van der Waals surface area (Å²) in [5, 5.41) is 0. The number of nitrogens with zero attached hydrogens (tertiary/aromatic N) is 1. The van der Waals surface area contributed by atoms with Gasteiger partial charge in [0.1, 0.15) is 5.75 Å². The van der Waals surface area contributed by atoms with Crippen molar-refractivity contribution in [2.45, 2.75) is 52.5 Å². The van der Waals surface area contributed by atoms with Gasteiger partial charge >= 0.3 is 0 Å². The number of hydrogen-bond donors (Lipinski definition) is 0. The fraction of sp³-hybridized carbons (Fsp3) is 0.588. The first kappa shape index (κ1) is 14.9. The van der Waals surface area contributed by atoms with Crippen molar-refractivity contribution in [3.05, 3.63) is 29.3 Å². The smallest absolute Gasteiger partial charge is 0.226 e. The van der Waals surface area contributed by atoms with Crippen LogP contribution in [0.1, 0.15) is 43.7 Å². The van der Waals surface area contributed by atoms with Crippen LogP contribution in [0.3, 0.4) is 0 Å². The lowest BCUT2D eigenvalue weighted by atomic mass is 10.0. The minimum absolute atomic E-state index is 0.224. The topological polar surface area (TPSA) is 29.5 Å². The van der Waals surface area contributed by atoms with Crippen molar-refractivity contribution in [2.24, 2.45) is 0 Å². The van der Waals surface area contributed by atoms with Crippen LogP contribution in [0.4, 0.5) is 0 Å². The van der Waals surface area contributed by atoms with Crippen molar-refractivity contribution < 1.29 is 9.53 Å². The number of ether oxygens (including phenoxy) is 1. The Morgan fingerprint density at radius 3 is 2.60 bits per heavy atom. The Balaban J connectivity index is 1.81. The quantitative estimate of drug-likeness (QED) is 0.842. The van der Waals surface area contributed by atoms with E-state index >= 15 is 0 Å². The first-order valence-electron chi connectivity index (χ1n) is 7.57. The summed E-state index contributed by atoms with van der Waals surface area (Å²) in [7, 11) is 0. The molecule has 1 aromatic carbocycles. The Hall–Kier alpha value is -1.51. The third-order valence-electron chi connectivity index (χ3n) is 3.90. The first-order chi connectivity index (χ1) is 9.56. The molecular weight excluding hydrogens is 250 g/mol. The molecule has 2 rings (SSSR count). The van der Waals surface area contributed by atoms with Gasteiger partial charge in [-0.15, -0.1) is 0 Å². The van der Waals surface area contributed by atoms with Crippen molar-refractivity contribution >= 4 is 5.91 Å². The number of amides is 1. The Morgan fingerprint density at radius 2 is 1.95 bits per heavy atom. The van der Waals surface area contributed by atoms with Crippen molar-refractivity contribution in [3.8, 4) is 5.75 Å². The zero-order valence-electron chi connectivity index (χ0n) is 12.8. The van der Waals surface area contributed by atoms with E-state index in [0.29, 0.717) is 19.1 Å². The average Bonchev–Trinajstić information content (AvgIpc) is 2.38. The van der Waals surface area contributed by atoms with Gasteiger partial charge in [0.2, 0.25) is 5.91 Å². The van der Waals surface area contributed by atoms with Gasteiger partial charge in [-0.2, -0.15) is 0 Å². The normalized spacial score (nSPS) is 18.9. The van der Waals surface area contributed by atoms with Crippen LogP contribution in [-0.4, -0.2) is 30.0 Å². The number of aryl methyl sites for hydroxylation is 2. The third-order valence-corrected chi connectivity index (χ3v) is 3.90. The number of rotatable bonds is 4. The molecule has 1 saturated heterocycles. The minimum Gasteiger partial charge on any atom is -0.493 e. The van der Waals surface area contributed by atoms with E-state index < -0.39 is 0 Å². The second-order valence-corrected chi connectivity index (χ2v) is 5.85. The molecule has 0 bridgehead atoms. The molecule has 1 aliphatic rings. The van der Waals surface area contributed by atoms with Crippen molar-refractivity contribution in [2.75, 3.05) is 13.2 Å². The van der Waals surface area contributed by atoms with Gasteiger partial charge in [-0.05, 0) is 63.3 Å². The number of carbonyl (C=O) groups excluding carboxylic acids is 1. The molecule has 1 fully saturated rings. The SMILES string of the molecule is Cc1cc(C)cc(OCCC(=O)N2CCCCC2C)c1. The van der Waals surface area contributed by atoms with Crippen molar-refractivity contribution in [1.82, 2.24) is 4.90 Å². The second-order valence-electron chi connectivity index (χ2n) is 5.85. The van der Waals surface area contributed by atoms with E-state index in [-0.39, 0.29) is 5.91 Å². The van der Waals surface area contributed by atoms with Crippen LogP contribution >= 0.6 is 0 Å². The summed E-state index contributed by atoms with van der Waals surface area (Å²) in [6, 6.07) is 6.53. The van der Waals surface area contributed by atoms with E-state index in [0.717, 1.165) is 25.1 Å². The summed E-state index contributed by atoms with van der Waals surface area (Å²) in [6.07, 6.45) is 3.97. The van der Waals surface area contributed by atoms with E-state index in [2.05, 4.69) is 26.8 Å². The first-order valence-corrected chi connectivity index (χ1v) is 7.57. The Kier molecular flexibility index (Phi) is 5.05. The number of likely N-dealkylation sites (tertiary alicyclic amines) is 1. The molecule has 0 aromatic heterocycles. The van der Waals surface area contributed by atoms with Crippen LogP contribution in [-0.2, 0) is 4.79 Å². The summed E-state index contributed by atoms with van der Waals surface area (Å²) in [6.45, 7) is 7.62. The zero-order chi connectivity index (χ0) is 14.5. The molecule has 0 radical (unpaired) electrons. The van der Waals surface area contributed by atoms with Gasteiger partial charge in [-0.3, -0.25) is 4.79 Å². The molecule has 1 heterocycles. The Labute approximate surface area is 121 Å². The van der Waals surface area contributed by atoms with Crippen molar-refractivity contribution in [3.63, 3.8) is 0 Å². The second kappa shape index (κ2) is 6.78. The highest BCUT2D eigenvalue weighted by Gasteiger charge is 2.22. The maximum Gasteiger partial charge on any atom is 0.226 e. The van der Waals surface area contributed by atoms with Gasteiger partial charge in [0.25, 0.3) is 0 Å². The van der Waals surface area contributed by atoms with E-state index in [1.165, 1.54) is 17.5 Å². The van der Waals surface area contributed by atoms with E-state index in [1.807, 2.05) is 17.0 Å². The Bertz CT molecular complexity index is 450. The van der Waals surface area contributed by atoms with E-state index in [1.54, 1.807) is 0 Å². The number of hydrogen-bond acceptors (Lipinski definition) is 2. The molecule has 1 aromatic rings. The number of piperidine rings is 1. The van der Waals surface area contributed by atoms with Crippen LogP contribution in [0.15, 0.2) is 18.2 Å². The predicted molar refractivity (Wildman–Crippen MR) is 81.1 cm³/mol. The predicted octanol–water partition coefficient (Wildman–Crippen LogP) is 3.47. The molecule has 110 valence electrons. The largest absolute Gasteiger partial charge is 0.493 e. The van der Waals surface area contributed by atoms with Gasteiger partial charge in [0.05, 0.1) is 13.0 Å². The van der Waals surface area contributed by atoms with Gasteiger partial charge in [-0.1, -0.05) is 6.07 Å². The van der Waals surface area contributed by atoms with Gasteiger partial charge in [-0.25, -0.2) is 0 Å². The maximum atomic E-state index is 12.2. The Morgan fingerprint density at radius 1 is 1.25 bits per heavy atom. The highest BCUT2D eigenvalue weighted by Crippen LogP contribution is 2.19. The highest BCUT2D eigenvalue weighted by atomic mass is 16.5. The van der Waals surface area contributed by atoms with Crippen molar-refractivity contribution in [1.29, 1.82) is 0 Å². The van der Waals surface area contributed by atoms with Crippen LogP contribution in [0.5, 0.6) is 5.75 Å². The maximum absolute atomic E-state index is 12.2. The summed E-state index contributed by atoms with van der Waals surface area (Å²) in [5.41, 5.74) is 2.38. The van der Waals surface area contributed by atoms with Crippen LogP contribution in [0.25, 0.3) is 0 Å². The fourth-order valence-corrected chi connectivity index (χ4v) is 2.88. The molecule has 1 aliphatic heterocycles. The summed E-state index contributed by atoms with van der Waals surface area (Å²) in [4.78, 5) is 14.2. The van der Waals surface area contributed by atoms with Gasteiger partial charge < -0.3 is 9.64 Å². The lowest BCUT2D eigenvalue weighted by molar-refractivity contribution is -0.134. The summed E-state index contributed by atoms with van der Waals surface area (Å²) >= 11 is 0. The molecule has 3 heteroatoms. The average molecular weight is 275 g/mol. The lowest BCUT2D eigenvalue weighted by Gasteiger charge is -2.33. The molecule has 0 aliphatic carbocycles. The molecule has 1 unspecified atom stereocenters. The molecule has 20 heavy (non-hydrogen) atoms. The van der Waals surface area contributed by atoms with Crippen LogP contribution in [0, 0.1) is 13.8 Å². The highest BCUT2D eigenvalue weighted by molar-refractivity contribution is 5.76.